The van der Waals surface area contributed by atoms with Gasteiger partial charge in [-0.1, -0.05) is 18.2 Å². The molecule has 0 spiro atoms. The van der Waals surface area contributed by atoms with Crippen molar-refractivity contribution >= 4 is 5.69 Å². The van der Waals surface area contributed by atoms with E-state index in [9.17, 15) is 0 Å². The van der Waals surface area contributed by atoms with Crippen molar-refractivity contribution in [3.05, 3.63) is 29.8 Å². The van der Waals surface area contributed by atoms with Gasteiger partial charge in [0.1, 0.15) is 0 Å². The summed E-state index contributed by atoms with van der Waals surface area (Å²) in [6, 6.07) is 7.16. The molecule has 1 aromatic rings. The molecule has 0 heterocycles. The molecular formula is C7H9NO. The van der Waals surface area contributed by atoms with Crippen molar-refractivity contribution in [1.29, 1.82) is 0 Å². The molecule has 2 heteroatoms. The average molecular weight is 125 g/mol. The van der Waals surface area contributed by atoms with Crippen LogP contribution in [0.2, 0.25) is 1.41 Å². The molecule has 0 bridgehead atoms. The molecule has 3 N–H and O–H groups in total. The monoisotopic (exact) mass is 125 g/mol. The van der Waals surface area contributed by atoms with Crippen molar-refractivity contribution in [3.8, 4) is 0 Å². The highest BCUT2D eigenvalue weighted by Gasteiger charge is 1.91. The summed E-state index contributed by atoms with van der Waals surface area (Å²) in [6.45, 7) is -0.0257. The summed E-state index contributed by atoms with van der Waals surface area (Å²) in [4.78, 5) is 0. The van der Waals surface area contributed by atoms with Crippen LogP contribution in [-0.4, -0.2) is 5.11 Å². The number of aliphatic hydroxyl groups is 1. The van der Waals surface area contributed by atoms with Gasteiger partial charge < -0.3 is 10.8 Å². The third-order valence-corrected chi connectivity index (χ3v) is 1.19. The Hall–Kier alpha value is -1.02. The fraction of sp³-hybridized carbons (Fsp3) is 0.143. The SMILES string of the molecule is [3H]Nc1ccccc1CO. The van der Waals surface area contributed by atoms with Crippen molar-refractivity contribution < 1.29 is 6.52 Å². The third kappa shape index (κ3) is 1.21. The number of para-hydroxylation sites is 1. The summed E-state index contributed by atoms with van der Waals surface area (Å²) in [7, 11) is 0. The summed E-state index contributed by atoms with van der Waals surface area (Å²) in [5.41, 5.74) is 3.64. The highest BCUT2D eigenvalue weighted by Crippen LogP contribution is 2.08. The Bertz CT molecular complexity index is 192. The molecule has 0 saturated heterocycles. The fourth-order valence-electron chi connectivity index (χ4n) is 0.658. The molecule has 0 saturated carbocycles. The molecule has 0 amide bonds. The van der Waals surface area contributed by atoms with E-state index in [0.29, 0.717) is 5.69 Å². The maximum Gasteiger partial charge on any atom is 0.156 e. The number of hydrogen-bond donors (Lipinski definition) is 2. The van der Waals surface area contributed by atoms with Gasteiger partial charge in [-0.3, -0.25) is 0 Å². The van der Waals surface area contributed by atoms with Crippen LogP contribution in [0.3, 0.4) is 0 Å². The van der Waals surface area contributed by atoms with Gasteiger partial charge in [0.15, 0.2) is 1.41 Å². The van der Waals surface area contributed by atoms with Crippen LogP contribution in [0.4, 0.5) is 5.69 Å². The Morgan fingerprint density at radius 3 is 2.89 bits per heavy atom. The number of rotatable bonds is 2. The molecular weight excluding hydrogens is 114 g/mol. The van der Waals surface area contributed by atoms with E-state index in [1.54, 1.807) is 12.1 Å². The van der Waals surface area contributed by atoms with E-state index in [1.807, 2.05) is 12.1 Å². The zero-order chi connectivity index (χ0) is 7.40. The van der Waals surface area contributed by atoms with E-state index in [4.69, 9.17) is 6.52 Å². The van der Waals surface area contributed by atoms with Crippen LogP contribution in [0, 0.1) is 0 Å². The summed E-state index contributed by atoms with van der Waals surface area (Å²) in [5, 5.41) is 8.73. The van der Waals surface area contributed by atoms with Crippen LogP contribution in [0.1, 0.15) is 5.56 Å². The van der Waals surface area contributed by atoms with E-state index >= 15 is 0 Å². The zero-order valence-corrected chi connectivity index (χ0v) is 4.96. The Morgan fingerprint density at radius 2 is 2.33 bits per heavy atom. The summed E-state index contributed by atoms with van der Waals surface area (Å²) >= 11 is 0. The molecule has 0 aliphatic heterocycles. The molecule has 0 fully saturated rings. The molecule has 0 atom stereocenters. The lowest BCUT2D eigenvalue weighted by Crippen LogP contribution is -1.91. The van der Waals surface area contributed by atoms with E-state index in [1.165, 1.54) is 0 Å². The first kappa shape index (κ1) is 4.82. The second kappa shape index (κ2) is 2.51. The second-order valence-electron chi connectivity index (χ2n) is 1.82. The van der Waals surface area contributed by atoms with Gasteiger partial charge in [-0.15, -0.1) is 0 Å². The van der Waals surface area contributed by atoms with Crippen LogP contribution < -0.4 is 5.73 Å². The zero-order valence-electron chi connectivity index (χ0n) is 5.96. The van der Waals surface area contributed by atoms with Gasteiger partial charge in [0.05, 0.1) is 6.61 Å². The average Bonchev–Trinajstić information content (AvgIpc) is 2.04. The van der Waals surface area contributed by atoms with Crippen LogP contribution in [0.5, 0.6) is 0 Å². The lowest BCUT2D eigenvalue weighted by molar-refractivity contribution is 0.282. The van der Waals surface area contributed by atoms with Crippen LogP contribution in [-0.2, 0) is 6.61 Å². The highest BCUT2D eigenvalue weighted by molar-refractivity contribution is 5.45. The number of benzene rings is 1. The maximum atomic E-state index is 8.73. The van der Waals surface area contributed by atoms with Crippen molar-refractivity contribution in [3.63, 3.8) is 0 Å². The molecule has 0 radical (unpaired) electrons. The van der Waals surface area contributed by atoms with Crippen molar-refractivity contribution in [2.75, 3.05) is 5.73 Å². The minimum Gasteiger partial charge on any atom is -0.398 e. The van der Waals surface area contributed by atoms with Gasteiger partial charge in [0.25, 0.3) is 0 Å². The summed E-state index contributed by atoms with van der Waals surface area (Å²) < 4.78 is 6.83. The smallest absolute Gasteiger partial charge is 0.156 e. The standard InChI is InChI=1S/C7H9NO/c8-7-4-2-1-3-6(7)5-9/h1-4,9H,5,8H2/i/hT. The molecule has 1 aromatic carbocycles. The highest BCUT2D eigenvalue weighted by atomic mass is 16.3. The molecule has 9 heavy (non-hydrogen) atoms. The van der Waals surface area contributed by atoms with Gasteiger partial charge >= 0.3 is 0 Å². The molecule has 2 nitrogen and oxygen atoms in total. The normalized spacial score (nSPS) is 10.6. The number of hydrogen-bond acceptors (Lipinski definition) is 2. The second-order valence-corrected chi connectivity index (χ2v) is 1.82. The molecule has 0 aliphatic rings. The largest absolute Gasteiger partial charge is 0.398 e. The van der Waals surface area contributed by atoms with E-state index < -0.39 is 0 Å². The maximum absolute atomic E-state index is 8.73. The molecule has 48 valence electrons. The van der Waals surface area contributed by atoms with Crippen molar-refractivity contribution in [1.82, 2.24) is 0 Å². The number of nitrogen functional groups attached to an aromatic ring is 1. The first-order valence-electron chi connectivity index (χ1n) is 3.25. The van der Waals surface area contributed by atoms with Crippen molar-refractivity contribution in [2.45, 2.75) is 6.61 Å². The Balaban J connectivity index is 2.96. The van der Waals surface area contributed by atoms with E-state index in [0.717, 1.165) is 5.56 Å². The number of nitrogens with two attached hydrogens (primary N) is 1. The van der Waals surface area contributed by atoms with Crippen LogP contribution in [0.15, 0.2) is 24.3 Å². The Labute approximate surface area is 55.4 Å². The first-order chi connectivity index (χ1) is 4.88. The van der Waals surface area contributed by atoms with E-state index in [2.05, 4.69) is 5.73 Å². The van der Waals surface area contributed by atoms with Gasteiger partial charge in [0, 0.05) is 11.3 Å². The molecule has 0 aliphatic carbocycles. The molecule has 0 aromatic heterocycles. The van der Waals surface area contributed by atoms with Crippen molar-refractivity contribution in [2.24, 2.45) is 0 Å². The predicted molar refractivity (Wildman–Crippen MR) is 36.8 cm³/mol. The first-order valence-corrected chi connectivity index (χ1v) is 2.75. The van der Waals surface area contributed by atoms with Gasteiger partial charge in [-0.25, -0.2) is 0 Å². The number of anilines is 1. The lowest BCUT2D eigenvalue weighted by atomic mass is 10.2. The van der Waals surface area contributed by atoms with Gasteiger partial charge in [0.2, 0.25) is 0 Å². The van der Waals surface area contributed by atoms with Crippen LogP contribution in [0.25, 0.3) is 0 Å². The topological polar surface area (TPSA) is 46.2 Å². The summed E-state index contributed by atoms with van der Waals surface area (Å²) in [6.07, 6.45) is 0. The van der Waals surface area contributed by atoms with E-state index in [-0.39, 0.29) is 6.61 Å². The molecule has 0 unspecified atom stereocenters. The Morgan fingerprint density at radius 1 is 1.56 bits per heavy atom. The quantitative estimate of drug-likeness (QED) is 0.573. The fourth-order valence-corrected chi connectivity index (χ4v) is 0.658. The Kier molecular flexibility index (Phi) is 1.34. The predicted octanol–water partition coefficient (Wildman–Crippen LogP) is 0.761. The molecule has 1 rings (SSSR count). The van der Waals surface area contributed by atoms with Gasteiger partial charge in [-0.2, -0.15) is 0 Å². The van der Waals surface area contributed by atoms with Crippen LogP contribution >= 0.6 is 0 Å². The van der Waals surface area contributed by atoms with Gasteiger partial charge in [-0.05, 0) is 6.07 Å². The summed E-state index contributed by atoms with van der Waals surface area (Å²) in [5.74, 6) is 0. The minimum absolute atomic E-state index is 0.0257. The number of aliphatic hydroxyl groups excluding tert-OH is 1. The minimum atomic E-state index is -0.0257. The lowest BCUT2D eigenvalue weighted by Gasteiger charge is -1.97. The third-order valence-electron chi connectivity index (χ3n) is 1.19.